The number of nitro groups is 1. The number of anilines is 2. The van der Waals surface area contributed by atoms with Crippen molar-refractivity contribution in [2.45, 2.75) is 0 Å². The first-order chi connectivity index (χ1) is 8.99. The standard InChI is InChI=1S/C11H9FN4O3/c1-15-5-4-13-10(11(15)17)14-7-2-3-8(12)9(6-7)16(18)19/h2-6H,1H3,(H,13,14). The van der Waals surface area contributed by atoms with E-state index in [9.17, 15) is 19.3 Å². The molecule has 0 amide bonds. The molecule has 0 atom stereocenters. The first-order valence-electron chi connectivity index (χ1n) is 5.21. The monoisotopic (exact) mass is 264 g/mol. The van der Waals surface area contributed by atoms with Crippen LogP contribution in [0.15, 0.2) is 35.4 Å². The molecule has 1 heterocycles. The minimum Gasteiger partial charge on any atom is -0.335 e. The van der Waals surface area contributed by atoms with Gasteiger partial charge in [-0.05, 0) is 12.1 Å². The highest BCUT2D eigenvalue weighted by Crippen LogP contribution is 2.22. The minimum atomic E-state index is -0.940. The van der Waals surface area contributed by atoms with E-state index in [1.165, 1.54) is 23.0 Å². The van der Waals surface area contributed by atoms with Gasteiger partial charge in [0.2, 0.25) is 5.82 Å². The largest absolute Gasteiger partial charge is 0.335 e. The van der Waals surface area contributed by atoms with Crippen molar-refractivity contribution in [3.63, 3.8) is 0 Å². The van der Waals surface area contributed by atoms with Gasteiger partial charge in [-0.15, -0.1) is 0 Å². The maximum atomic E-state index is 13.2. The summed E-state index contributed by atoms with van der Waals surface area (Å²) in [7, 11) is 1.54. The number of rotatable bonds is 3. The molecule has 19 heavy (non-hydrogen) atoms. The van der Waals surface area contributed by atoms with E-state index >= 15 is 0 Å². The summed E-state index contributed by atoms with van der Waals surface area (Å²) in [5, 5.41) is 13.2. The summed E-state index contributed by atoms with van der Waals surface area (Å²) in [5.41, 5.74) is -0.851. The van der Waals surface area contributed by atoms with Gasteiger partial charge in [0.15, 0.2) is 5.82 Å². The van der Waals surface area contributed by atoms with Crippen molar-refractivity contribution in [3.05, 3.63) is 56.9 Å². The lowest BCUT2D eigenvalue weighted by atomic mass is 10.2. The van der Waals surface area contributed by atoms with Crippen LogP contribution in [-0.2, 0) is 7.05 Å². The van der Waals surface area contributed by atoms with E-state index < -0.39 is 22.0 Å². The van der Waals surface area contributed by atoms with Gasteiger partial charge in [-0.1, -0.05) is 0 Å². The molecule has 0 unspecified atom stereocenters. The third-order valence-corrected chi connectivity index (χ3v) is 2.42. The number of nitro benzene ring substituents is 1. The van der Waals surface area contributed by atoms with Gasteiger partial charge in [-0.2, -0.15) is 4.39 Å². The molecule has 7 nitrogen and oxygen atoms in total. The van der Waals surface area contributed by atoms with Crippen molar-refractivity contribution in [3.8, 4) is 0 Å². The van der Waals surface area contributed by atoms with Crippen molar-refractivity contribution < 1.29 is 9.31 Å². The van der Waals surface area contributed by atoms with Crippen molar-refractivity contribution in [1.29, 1.82) is 0 Å². The van der Waals surface area contributed by atoms with Crippen molar-refractivity contribution >= 4 is 17.2 Å². The van der Waals surface area contributed by atoms with Gasteiger partial charge in [0, 0.05) is 31.2 Å². The maximum absolute atomic E-state index is 13.2. The molecule has 1 N–H and O–H groups in total. The van der Waals surface area contributed by atoms with Crippen LogP contribution in [0.2, 0.25) is 0 Å². The summed E-state index contributed by atoms with van der Waals surface area (Å²) in [5.74, 6) is -0.935. The van der Waals surface area contributed by atoms with Crippen LogP contribution in [-0.4, -0.2) is 14.5 Å². The Hall–Kier alpha value is -2.77. The zero-order valence-corrected chi connectivity index (χ0v) is 9.83. The van der Waals surface area contributed by atoms with Gasteiger partial charge in [0.25, 0.3) is 5.56 Å². The molecule has 1 aromatic heterocycles. The van der Waals surface area contributed by atoms with Crippen molar-refractivity contribution in [2.24, 2.45) is 7.05 Å². The third-order valence-electron chi connectivity index (χ3n) is 2.42. The Labute approximate surface area is 106 Å². The molecule has 0 saturated carbocycles. The predicted octanol–water partition coefficient (Wildman–Crippen LogP) is 1.57. The number of hydrogen-bond donors (Lipinski definition) is 1. The average Bonchev–Trinajstić information content (AvgIpc) is 2.37. The number of aromatic nitrogens is 2. The molecule has 0 bridgehead atoms. The Kier molecular flexibility index (Phi) is 3.23. The maximum Gasteiger partial charge on any atom is 0.306 e. The van der Waals surface area contributed by atoms with Crippen LogP contribution in [0, 0.1) is 15.9 Å². The molecule has 8 heteroatoms. The first-order valence-corrected chi connectivity index (χ1v) is 5.21. The van der Waals surface area contributed by atoms with E-state index in [0.717, 1.165) is 12.1 Å². The van der Waals surface area contributed by atoms with Crippen LogP contribution >= 0.6 is 0 Å². The second kappa shape index (κ2) is 4.84. The molecule has 0 spiro atoms. The molecule has 0 fully saturated rings. The molecule has 0 aliphatic carbocycles. The lowest BCUT2D eigenvalue weighted by Crippen LogP contribution is -2.20. The Balaban J connectivity index is 2.39. The molecule has 98 valence electrons. The number of aryl methyl sites for hydroxylation is 1. The van der Waals surface area contributed by atoms with E-state index in [2.05, 4.69) is 10.3 Å². The Bertz CT molecular complexity index is 699. The summed E-state index contributed by atoms with van der Waals surface area (Å²) in [6.45, 7) is 0. The summed E-state index contributed by atoms with van der Waals surface area (Å²) in [6, 6.07) is 3.24. The third kappa shape index (κ3) is 2.57. The zero-order chi connectivity index (χ0) is 14.0. The van der Waals surface area contributed by atoms with E-state index in [-0.39, 0.29) is 11.5 Å². The zero-order valence-electron chi connectivity index (χ0n) is 9.83. The SMILES string of the molecule is Cn1ccnc(Nc2ccc(F)c([N+](=O)[O-])c2)c1=O. The second-order valence-corrected chi connectivity index (χ2v) is 3.74. The summed E-state index contributed by atoms with van der Waals surface area (Å²) >= 11 is 0. The van der Waals surface area contributed by atoms with Gasteiger partial charge >= 0.3 is 5.69 Å². The van der Waals surface area contributed by atoms with E-state index in [1.54, 1.807) is 7.05 Å². The number of nitrogens with zero attached hydrogens (tertiary/aromatic N) is 3. The quantitative estimate of drug-likeness (QED) is 0.671. The highest BCUT2D eigenvalue weighted by Gasteiger charge is 2.15. The number of halogens is 1. The lowest BCUT2D eigenvalue weighted by molar-refractivity contribution is -0.387. The fourth-order valence-electron chi connectivity index (χ4n) is 1.45. The summed E-state index contributed by atoms with van der Waals surface area (Å²) in [6.07, 6.45) is 2.88. The van der Waals surface area contributed by atoms with Crippen LogP contribution in [0.4, 0.5) is 21.6 Å². The minimum absolute atomic E-state index is 0.00547. The molecular formula is C11H9FN4O3. The highest BCUT2D eigenvalue weighted by atomic mass is 19.1. The van der Waals surface area contributed by atoms with Crippen LogP contribution in [0.25, 0.3) is 0 Å². The van der Waals surface area contributed by atoms with E-state index in [4.69, 9.17) is 0 Å². The normalized spacial score (nSPS) is 10.2. The van der Waals surface area contributed by atoms with Gasteiger partial charge in [0.05, 0.1) is 4.92 Å². The lowest BCUT2D eigenvalue weighted by Gasteiger charge is -2.06. The van der Waals surface area contributed by atoms with Crippen molar-refractivity contribution in [2.75, 3.05) is 5.32 Å². The first kappa shape index (κ1) is 12.7. The predicted molar refractivity (Wildman–Crippen MR) is 65.8 cm³/mol. The molecule has 0 aliphatic rings. The van der Waals surface area contributed by atoms with Gasteiger partial charge < -0.3 is 9.88 Å². The second-order valence-electron chi connectivity index (χ2n) is 3.74. The smallest absolute Gasteiger partial charge is 0.306 e. The fraction of sp³-hybridized carbons (Fsp3) is 0.0909. The van der Waals surface area contributed by atoms with Gasteiger partial charge in [-0.3, -0.25) is 14.9 Å². The van der Waals surface area contributed by atoms with Crippen LogP contribution in [0.5, 0.6) is 0 Å². The van der Waals surface area contributed by atoms with Crippen LogP contribution in [0.1, 0.15) is 0 Å². The molecule has 2 aromatic rings. The molecule has 0 saturated heterocycles. The molecule has 0 aliphatic heterocycles. The molecule has 2 rings (SSSR count). The molecule has 0 radical (unpaired) electrons. The molecular weight excluding hydrogens is 255 g/mol. The van der Waals surface area contributed by atoms with E-state index in [1.807, 2.05) is 0 Å². The number of nitrogens with one attached hydrogen (secondary N) is 1. The Morgan fingerprint density at radius 3 is 2.89 bits per heavy atom. The topological polar surface area (TPSA) is 90.1 Å². The summed E-state index contributed by atoms with van der Waals surface area (Å²) < 4.78 is 14.5. The molecule has 1 aromatic carbocycles. The fourth-order valence-corrected chi connectivity index (χ4v) is 1.45. The Morgan fingerprint density at radius 1 is 1.47 bits per heavy atom. The number of benzene rings is 1. The Morgan fingerprint density at radius 2 is 2.21 bits per heavy atom. The van der Waals surface area contributed by atoms with Crippen molar-refractivity contribution in [1.82, 2.24) is 9.55 Å². The van der Waals surface area contributed by atoms with Gasteiger partial charge in [0.1, 0.15) is 0 Å². The average molecular weight is 264 g/mol. The van der Waals surface area contributed by atoms with E-state index in [0.29, 0.717) is 0 Å². The summed E-state index contributed by atoms with van der Waals surface area (Å²) in [4.78, 5) is 25.3. The highest BCUT2D eigenvalue weighted by molar-refractivity contribution is 5.59. The number of hydrogen-bond acceptors (Lipinski definition) is 5. The van der Waals surface area contributed by atoms with Gasteiger partial charge in [-0.25, -0.2) is 4.98 Å². The van der Waals surface area contributed by atoms with Crippen LogP contribution < -0.4 is 10.9 Å². The van der Waals surface area contributed by atoms with Crippen LogP contribution in [0.3, 0.4) is 0 Å².